The van der Waals surface area contributed by atoms with E-state index in [0.29, 0.717) is 16.9 Å². The van der Waals surface area contributed by atoms with Gasteiger partial charge in [0.25, 0.3) is 0 Å². The lowest BCUT2D eigenvalue weighted by molar-refractivity contribution is 0.0987. The van der Waals surface area contributed by atoms with Crippen LogP contribution in [0.1, 0.15) is 32.9 Å². The van der Waals surface area contributed by atoms with Crippen LogP contribution in [0, 0.1) is 26.6 Å². The van der Waals surface area contributed by atoms with Crippen molar-refractivity contribution in [3.8, 4) is 11.3 Å². The van der Waals surface area contributed by atoms with Crippen molar-refractivity contribution in [1.29, 1.82) is 0 Å². The van der Waals surface area contributed by atoms with E-state index < -0.39 is 0 Å². The molecule has 4 rings (SSSR count). The Morgan fingerprint density at radius 3 is 2.70 bits per heavy atom. The zero-order valence-electron chi connectivity index (χ0n) is 15.4. The second kappa shape index (κ2) is 6.46. The zero-order valence-corrected chi connectivity index (χ0v) is 15.4. The molecule has 0 aliphatic carbocycles. The van der Waals surface area contributed by atoms with Gasteiger partial charge in [0, 0.05) is 40.5 Å². The fourth-order valence-electron chi connectivity index (χ4n) is 3.23. The van der Waals surface area contributed by atoms with Gasteiger partial charge in [0.15, 0.2) is 5.78 Å². The van der Waals surface area contributed by atoms with E-state index in [4.69, 9.17) is 0 Å². The van der Waals surface area contributed by atoms with Crippen LogP contribution < -0.4 is 0 Å². The standard InChI is InChI=1S/C21H19FN4O/c1-11-13(3)25-26-20(11)19(27)8-14-7-15-9-18(24-21(15)23-10-14)16-5-4-6-17(22)12(16)2/h4-7,9-10H,8H2,1-3H3,(H,23,24)(H,25,26). The van der Waals surface area contributed by atoms with Gasteiger partial charge in [-0.3, -0.25) is 9.89 Å². The Kier molecular flexibility index (Phi) is 4.11. The van der Waals surface area contributed by atoms with Gasteiger partial charge < -0.3 is 4.98 Å². The minimum atomic E-state index is -0.241. The maximum atomic E-state index is 13.8. The summed E-state index contributed by atoms with van der Waals surface area (Å²) < 4.78 is 13.8. The van der Waals surface area contributed by atoms with Crippen molar-refractivity contribution in [2.24, 2.45) is 0 Å². The third-order valence-corrected chi connectivity index (χ3v) is 4.97. The summed E-state index contributed by atoms with van der Waals surface area (Å²) in [5.41, 5.74) is 5.95. The van der Waals surface area contributed by atoms with Crippen LogP contribution in [0.5, 0.6) is 0 Å². The van der Waals surface area contributed by atoms with Crippen LogP contribution in [0.2, 0.25) is 0 Å². The molecular weight excluding hydrogens is 343 g/mol. The largest absolute Gasteiger partial charge is 0.339 e. The van der Waals surface area contributed by atoms with E-state index in [0.717, 1.165) is 33.5 Å². The lowest BCUT2D eigenvalue weighted by Gasteiger charge is -2.03. The predicted octanol–water partition coefficient (Wildman–Crippen LogP) is 4.44. The summed E-state index contributed by atoms with van der Waals surface area (Å²) in [6.07, 6.45) is 1.92. The van der Waals surface area contributed by atoms with E-state index in [-0.39, 0.29) is 18.0 Å². The lowest BCUT2D eigenvalue weighted by Crippen LogP contribution is -2.06. The number of nitrogens with zero attached hydrogens (tertiary/aromatic N) is 2. The first kappa shape index (κ1) is 17.1. The second-order valence-corrected chi connectivity index (χ2v) is 6.80. The first-order valence-corrected chi connectivity index (χ1v) is 8.72. The summed E-state index contributed by atoms with van der Waals surface area (Å²) in [6, 6.07) is 8.87. The highest BCUT2D eigenvalue weighted by atomic mass is 19.1. The molecule has 0 saturated heterocycles. The van der Waals surface area contributed by atoms with Crippen LogP contribution in [0.15, 0.2) is 36.5 Å². The molecule has 27 heavy (non-hydrogen) atoms. The van der Waals surface area contributed by atoms with Crippen molar-refractivity contribution >= 4 is 16.8 Å². The third-order valence-electron chi connectivity index (χ3n) is 4.97. The molecule has 0 atom stereocenters. The molecule has 0 unspecified atom stereocenters. The quantitative estimate of drug-likeness (QED) is 0.527. The maximum Gasteiger partial charge on any atom is 0.187 e. The number of fused-ring (bicyclic) bond motifs is 1. The number of pyridine rings is 1. The number of carbonyl (C=O) groups excluding carboxylic acids is 1. The molecule has 4 aromatic rings. The third kappa shape index (κ3) is 3.03. The Balaban J connectivity index is 1.66. The highest BCUT2D eigenvalue weighted by Gasteiger charge is 2.16. The minimum absolute atomic E-state index is 0.0465. The van der Waals surface area contributed by atoms with Crippen molar-refractivity contribution in [1.82, 2.24) is 20.2 Å². The van der Waals surface area contributed by atoms with E-state index in [1.165, 1.54) is 6.07 Å². The Morgan fingerprint density at radius 2 is 1.96 bits per heavy atom. The Morgan fingerprint density at radius 1 is 1.15 bits per heavy atom. The normalized spacial score (nSPS) is 11.3. The second-order valence-electron chi connectivity index (χ2n) is 6.80. The van der Waals surface area contributed by atoms with Crippen LogP contribution in [-0.2, 0) is 6.42 Å². The molecule has 6 heteroatoms. The van der Waals surface area contributed by atoms with Crippen LogP contribution >= 0.6 is 0 Å². The molecule has 0 aliphatic heterocycles. The van der Waals surface area contributed by atoms with Crippen molar-refractivity contribution in [3.63, 3.8) is 0 Å². The molecule has 0 aliphatic rings. The van der Waals surface area contributed by atoms with Gasteiger partial charge >= 0.3 is 0 Å². The molecule has 2 N–H and O–H groups in total. The molecule has 136 valence electrons. The molecule has 0 saturated carbocycles. The number of aromatic amines is 2. The number of ketones is 1. The number of nitrogens with one attached hydrogen (secondary N) is 2. The van der Waals surface area contributed by atoms with Crippen LogP contribution in [0.3, 0.4) is 0 Å². The Bertz CT molecular complexity index is 1170. The minimum Gasteiger partial charge on any atom is -0.339 e. The Hall–Kier alpha value is -3.28. The van der Waals surface area contributed by atoms with E-state index in [2.05, 4.69) is 20.2 Å². The summed E-state index contributed by atoms with van der Waals surface area (Å²) in [5, 5.41) is 7.82. The SMILES string of the molecule is Cc1[nH]nc(C(=O)Cc2cnc3[nH]c(-c4cccc(F)c4C)cc3c2)c1C. The van der Waals surface area contributed by atoms with Crippen molar-refractivity contribution in [2.75, 3.05) is 0 Å². The molecule has 5 nitrogen and oxygen atoms in total. The number of benzene rings is 1. The Labute approximate surface area is 155 Å². The monoisotopic (exact) mass is 362 g/mol. The van der Waals surface area contributed by atoms with Gasteiger partial charge in [0.1, 0.15) is 17.2 Å². The molecular formula is C21H19FN4O. The van der Waals surface area contributed by atoms with Gasteiger partial charge in [-0.05, 0) is 50.1 Å². The molecule has 0 radical (unpaired) electrons. The van der Waals surface area contributed by atoms with E-state index in [9.17, 15) is 9.18 Å². The average molecular weight is 362 g/mol. The number of halogens is 1. The number of aryl methyl sites for hydroxylation is 1. The van der Waals surface area contributed by atoms with Crippen LogP contribution in [0.4, 0.5) is 4.39 Å². The lowest BCUT2D eigenvalue weighted by atomic mass is 10.0. The summed E-state index contributed by atoms with van der Waals surface area (Å²) in [4.78, 5) is 20.2. The van der Waals surface area contributed by atoms with E-state index >= 15 is 0 Å². The first-order valence-electron chi connectivity index (χ1n) is 8.72. The summed E-state index contributed by atoms with van der Waals surface area (Å²) >= 11 is 0. The summed E-state index contributed by atoms with van der Waals surface area (Å²) in [7, 11) is 0. The zero-order chi connectivity index (χ0) is 19.1. The molecule has 0 fully saturated rings. The number of aromatic nitrogens is 4. The molecule has 0 spiro atoms. The number of Topliss-reactive ketones (excluding diaryl/α,β-unsaturated/α-hetero) is 1. The highest BCUT2D eigenvalue weighted by molar-refractivity contribution is 5.97. The molecule has 0 bridgehead atoms. The van der Waals surface area contributed by atoms with E-state index in [1.807, 2.05) is 32.0 Å². The summed E-state index contributed by atoms with van der Waals surface area (Å²) in [5.74, 6) is -0.287. The van der Waals surface area contributed by atoms with Gasteiger partial charge in [-0.15, -0.1) is 0 Å². The number of rotatable bonds is 4. The van der Waals surface area contributed by atoms with Gasteiger partial charge in [-0.25, -0.2) is 9.37 Å². The number of hydrogen-bond donors (Lipinski definition) is 2. The molecule has 0 amide bonds. The van der Waals surface area contributed by atoms with Crippen molar-refractivity contribution in [2.45, 2.75) is 27.2 Å². The number of carbonyl (C=O) groups is 1. The van der Waals surface area contributed by atoms with Crippen LogP contribution in [0.25, 0.3) is 22.3 Å². The molecule has 1 aromatic carbocycles. The van der Waals surface area contributed by atoms with Gasteiger partial charge in [-0.2, -0.15) is 5.10 Å². The van der Waals surface area contributed by atoms with Gasteiger partial charge in [0.05, 0.1) is 0 Å². The smallest absolute Gasteiger partial charge is 0.187 e. The fourth-order valence-corrected chi connectivity index (χ4v) is 3.23. The van der Waals surface area contributed by atoms with Crippen molar-refractivity contribution < 1.29 is 9.18 Å². The fraction of sp³-hybridized carbons (Fsp3) is 0.190. The first-order chi connectivity index (χ1) is 12.9. The van der Waals surface area contributed by atoms with Gasteiger partial charge in [-0.1, -0.05) is 12.1 Å². The predicted molar refractivity (Wildman–Crippen MR) is 102 cm³/mol. The molecule has 3 heterocycles. The summed E-state index contributed by atoms with van der Waals surface area (Å²) in [6.45, 7) is 5.53. The highest BCUT2D eigenvalue weighted by Crippen LogP contribution is 2.27. The van der Waals surface area contributed by atoms with Crippen LogP contribution in [-0.4, -0.2) is 25.9 Å². The number of H-pyrrole nitrogens is 2. The molecule has 3 aromatic heterocycles. The average Bonchev–Trinajstić information content (AvgIpc) is 3.20. The number of hydrogen-bond acceptors (Lipinski definition) is 3. The van der Waals surface area contributed by atoms with Gasteiger partial charge in [0.2, 0.25) is 0 Å². The maximum absolute atomic E-state index is 13.8. The van der Waals surface area contributed by atoms with Crippen molar-refractivity contribution in [3.05, 3.63) is 70.4 Å². The topological polar surface area (TPSA) is 74.4 Å². The van der Waals surface area contributed by atoms with E-state index in [1.54, 1.807) is 19.2 Å².